The molecule has 0 spiro atoms. The van der Waals surface area contributed by atoms with Gasteiger partial charge >= 0.3 is 0 Å². The normalized spacial score (nSPS) is 12.4. The first-order valence-electron chi connectivity index (χ1n) is 4.68. The van der Waals surface area contributed by atoms with Crippen LogP contribution in [0.2, 0.25) is 0 Å². The molecule has 0 aliphatic heterocycles. The van der Waals surface area contributed by atoms with Crippen LogP contribution in [0.25, 0.3) is 0 Å². The molecule has 4 nitrogen and oxygen atoms in total. The SMILES string of the molecule is Nc1nccnc1C(O)c1ccc(Br)cc1. The molecular weight excluding hydrogens is 270 g/mol. The molecule has 0 fully saturated rings. The third kappa shape index (κ3) is 2.20. The standard InChI is InChI=1S/C11H10BrN3O/c12-8-3-1-7(2-4-8)10(16)9-11(13)15-6-5-14-9/h1-6,10,16H,(H2,13,15). The van der Waals surface area contributed by atoms with Gasteiger partial charge in [-0.25, -0.2) is 4.98 Å². The summed E-state index contributed by atoms with van der Waals surface area (Å²) in [6, 6.07) is 7.32. The summed E-state index contributed by atoms with van der Waals surface area (Å²) in [4.78, 5) is 7.92. The van der Waals surface area contributed by atoms with E-state index in [2.05, 4.69) is 25.9 Å². The molecule has 0 aliphatic carbocycles. The van der Waals surface area contributed by atoms with Gasteiger partial charge in [-0.2, -0.15) is 0 Å². The van der Waals surface area contributed by atoms with Crippen LogP contribution in [0.15, 0.2) is 41.1 Å². The van der Waals surface area contributed by atoms with E-state index < -0.39 is 6.10 Å². The largest absolute Gasteiger partial charge is 0.382 e. The lowest BCUT2D eigenvalue weighted by Gasteiger charge is -2.11. The van der Waals surface area contributed by atoms with E-state index in [1.807, 2.05) is 24.3 Å². The molecule has 0 amide bonds. The quantitative estimate of drug-likeness (QED) is 0.881. The molecule has 16 heavy (non-hydrogen) atoms. The van der Waals surface area contributed by atoms with Gasteiger partial charge in [-0.3, -0.25) is 4.98 Å². The Kier molecular flexibility index (Phi) is 3.17. The Labute approximate surface area is 101 Å². The highest BCUT2D eigenvalue weighted by atomic mass is 79.9. The van der Waals surface area contributed by atoms with Gasteiger partial charge in [0.15, 0.2) is 0 Å². The molecule has 0 saturated carbocycles. The number of anilines is 1. The van der Waals surface area contributed by atoms with Gasteiger partial charge in [-0.1, -0.05) is 28.1 Å². The van der Waals surface area contributed by atoms with E-state index in [0.717, 1.165) is 10.0 Å². The molecule has 0 radical (unpaired) electrons. The highest BCUT2D eigenvalue weighted by molar-refractivity contribution is 9.10. The highest BCUT2D eigenvalue weighted by Crippen LogP contribution is 2.24. The fourth-order valence-electron chi connectivity index (χ4n) is 1.37. The smallest absolute Gasteiger partial charge is 0.148 e. The summed E-state index contributed by atoms with van der Waals surface area (Å²) in [7, 11) is 0. The van der Waals surface area contributed by atoms with E-state index in [1.165, 1.54) is 12.4 Å². The topological polar surface area (TPSA) is 72.0 Å². The minimum atomic E-state index is -0.846. The number of rotatable bonds is 2. The molecule has 1 unspecified atom stereocenters. The van der Waals surface area contributed by atoms with Crippen molar-refractivity contribution in [1.82, 2.24) is 9.97 Å². The summed E-state index contributed by atoms with van der Waals surface area (Å²) in [5.74, 6) is 0.248. The minimum absolute atomic E-state index is 0.248. The predicted molar refractivity (Wildman–Crippen MR) is 64.6 cm³/mol. The fourth-order valence-corrected chi connectivity index (χ4v) is 1.64. The minimum Gasteiger partial charge on any atom is -0.382 e. The van der Waals surface area contributed by atoms with Gasteiger partial charge in [0, 0.05) is 16.9 Å². The first kappa shape index (κ1) is 11.0. The number of benzene rings is 1. The summed E-state index contributed by atoms with van der Waals surface area (Å²) in [6.07, 6.45) is 2.16. The van der Waals surface area contributed by atoms with Crippen LogP contribution >= 0.6 is 15.9 Å². The Bertz CT molecular complexity index is 487. The van der Waals surface area contributed by atoms with Crippen LogP contribution in [-0.2, 0) is 0 Å². The summed E-state index contributed by atoms with van der Waals surface area (Å²) in [6.45, 7) is 0. The second-order valence-electron chi connectivity index (χ2n) is 3.28. The van der Waals surface area contributed by atoms with Crippen LogP contribution in [0.4, 0.5) is 5.82 Å². The van der Waals surface area contributed by atoms with E-state index in [1.54, 1.807) is 0 Å². The number of hydrogen-bond donors (Lipinski definition) is 2. The average molecular weight is 280 g/mol. The number of aromatic nitrogens is 2. The van der Waals surface area contributed by atoms with Gasteiger partial charge in [-0.15, -0.1) is 0 Å². The van der Waals surface area contributed by atoms with Gasteiger partial charge in [0.05, 0.1) is 0 Å². The second kappa shape index (κ2) is 4.59. The molecule has 0 aliphatic rings. The van der Waals surface area contributed by atoms with Crippen molar-refractivity contribution in [3.63, 3.8) is 0 Å². The van der Waals surface area contributed by atoms with E-state index in [0.29, 0.717) is 5.69 Å². The molecule has 3 N–H and O–H groups in total. The third-order valence-electron chi connectivity index (χ3n) is 2.20. The van der Waals surface area contributed by atoms with Crippen LogP contribution in [0.5, 0.6) is 0 Å². The monoisotopic (exact) mass is 279 g/mol. The van der Waals surface area contributed by atoms with Crippen molar-refractivity contribution in [3.8, 4) is 0 Å². The zero-order valence-corrected chi connectivity index (χ0v) is 9.92. The van der Waals surface area contributed by atoms with Crippen LogP contribution in [0.1, 0.15) is 17.4 Å². The van der Waals surface area contributed by atoms with E-state index in [9.17, 15) is 5.11 Å². The van der Waals surface area contributed by atoms with Gasteiger partial charge in [-0.05, 0) is 17.7 Å². The number of aliphatic hydroxyl groups is 1. The van der Waals surface area contributed by atoms with Crippen molar-refractivity contribution in [2.24, 2.45) is 0 Å². The molecule has 0 bridgehead atoms. The van der Waals surface area contributed by atoms with Gasteiger partial charge < -0.3 is 10.8 Å². The number of hydrogen-bond acceptors (Lipinski definition) is 4. The van der Waals surface area contributed by atoms with Crippen molar-refractivity contribution in [2.45, 2.75) is 6.10 Å². The first-order chi connectivity index (χ1) is 7.68. The maximum Gasteiger partial charge on any atom is 0.148 e. The Morgan fingerprint density at radius 1 is 1.12 bits per heavy atom. The highest BCUT2D eigenvalue weighted by Gasteiger charge is 2.15. The Morgan fingerprint density at radius 3 is 2.38 bits per heavy atom. The van der Waals surface area contributed by atoms with Gasteiger partial charge in [0.1, 0.15) is 17.6 Å². The second-order valence-corrected chi connectivity index (χ2v) is 4.20. The van der Waals surface area contributed by atoms with Crippen molar-refractivity contribution in [3.05, 3.63) is 52.4 Å². The molecular formula is C11H10BrN3O. The fraction of sp³-hybridized carbons (Fsp3) is 0.0909. The lowest BCUT2D eigenvalue weighted by atomic mass is 10.1. The zero-order chi connectivity index (χ0) is 11.5. The van der Waals surface area contributed by atoms with Crippen LogP contribution in [-0.4, -0.2) is 15.1 Å². The predicted octanol–water partition coefficient (Wildman–Crippen LogP) is 1.90. The summed E-state index contributed by atoms with van der Waals surface area (Å²) in [5.41, 5.74) is 6.76. The van der Waals surface area contributed by atoms with Crippen molar-refractivity contribution in [2.75, 3.05) is 5.73 Å². The molecule has 82 valence electrons. The molecule has 0 saturated heterocycles. The summed E-state index contributed by atoms with van der Waals surface area (Å²) >= 11 is 3.33. The number of nitrogen functional groups attached to an aromatic ring is 1. The van der Waals surface area contributed by atoms with Gasteiger partial charge in [0.25, 0.3) is 0 Å². The molecule has 1 heterocycles. The van der Waals surface area contributed by atoms with E-state index in [4.69, 9.17) is 5.73 Å². The maximum atomic E-state index is 10.1. The zero-order valence-electron chi connectivity index (χ0n) is 8.34. The van der Waals surface area contributed by atoms with Crippen LogP contribution < -0.4 is 5.73 Å². The van der Waals surface area contributed by atoms with Crippen LogP contribution in [0, 0.1) is 0 Å². The molecule has 1 aromatic heterocycles. The lowest BCUT2D eigenvalue weighted by molar-refractivity contribution is 0.216. The molecule has 2 rings (SSSR count). The van der Waals surface area contributed by atoms with Crippen molar-refractivity contribution >= 4 is 21.7 Å². The Morgan fingerprint density at radius 2 is 1.75 bits per heavy atom. The number of aliphatic hydroxyl groups excluding tert-OH is 1. The number of halogens is 1. The Hall–Kier alpha value is -1.46. The lowest BCUT2D eigenvalue weighted by Crippen LogP contribution is -2.07. The van der Waals surface area contributed by atoms with E-state index >= 15 is 0 Å². The van der Waals surface area contributed by atoms with Gasteiger partial charge in [0.2, 0.25) is 0 Å². The number of nitrogens with zero attached hydrogens (tertiary/aromatic N) is 2. The van der Waals surface area contributed by atoms with Crippen LogP contribution in [0.3, 0.4) is 0 Å². The first-order valence-corrected chi connectivity index (χ1v) is 5.47. The average Bonchev–Trinajstić information content (AvgIpc) is 2.30. The summed E-state index contributed by atoms with van der Waals surface area (Å²) < 4.78 is 0.954. The third-order valence-corrected chi connectivity index (χ3v) is 2.73. The molecule has 1 aromatic carbocycles. The van der Waals surface area contributed by atoms with Crippen molar-refractivity contribution in [1.29, 1.82) is 0 Å². The number of nitrogens with two attached hydrogens (primary N) is 1. The molecule has 2 aromatic rings. The maximum absolute atomic E-state index is 10.1. The Balaban J connectivity index is 2.35. The van der Waals surface area contributed by atoms with E-state index in [-0.39, 0.29) is 5.82 Å². The summed E-state index contributed by atoms with van der Waals surface area (Å²) in [5, 5.41) is 10.1. The molecule has 5 heteroatoms. The van der Waals surface area contributed by atoms with Crippen molar-refractivity contribution < 1.29 is 5.11 Å². The molecule has 1 atom stereocenters.